The van der Waals surface area contributed by atoms with Crippen molar-refractivity contribution in [2.24, 2.45) is 7.05 Å². The van der Waals surface area contributed by atoms with Crippen molar-refractivity contribution in [3.63, 3.8) is 0 Å². The molecule has 7 nitrogen and oxygen atoms in total. The number of nitrogens with one attached hydrogen (secondary N) is 1. The minimum atomic E-state index is -0.395. The van der Waals surface area contributed by atoms with E-state index in [4.69, 9.17) is 9.78 Å². The number of imidazole rings is 1. The Morgan fingerprint density at radius 1 is 1.35 bits per heavy atom. The molecule has 7 heteroatoms. The molecule has 0 amide bonds. The fourth-order valence-electron chi connectivity index (χ4n) is 2.29. The molecule has 1 N–H and O–H groups in total. The van der Waals surface area contributed by atoms with Crippen LogP contribution in [0.4, 0.5) is 0 Å². The summed E-state index contributed by atoms with van der Waals surface area (Å²) < 4.78 is 1.49. The minimum absolute atomic E-state index is 0.218. The van der Waals surface area contributed by atoms with Crippen molar-refractivity contribution in [3.05, 3.63) is 34.7 Å². The van der Waals surface area contributed by atoms with Crippen molar-refractivity contribution in [3.8, 4) is 5.75 Å². The summed E-state index contributed by atoms with van der Waals surface area (Å²) in [7, 11) is 1.67. The largest absolute Gasteiger partial charge is 0.355 e. The molecule has 0 radical (unpaired) electrons. The van der Waals surface area contributed by atoms with Gasteiger partial charge in [-0.2, -0.15) is 0 Å². The highest BCUT2D eigenvalue weighted by Gasteiger charge is 2.09. The highest BCUT2D eigenvalue weighted by molar-refractivity contribution is 5.90. The van der Waals surface area contributed by atoms with Gasteiger partial charge in [0.25, 0.3) is 0 Å². The van der Waals surface area contributed by atoms with Crippen LogP contribution in [0.5, 0.6) is 5.75 Å². The molecule has 0 spiro atoms. The Morgan fingerprint density at radius 2 is 2.17 bits per heavy atom. The molecule has 2 aromatic heterocycles. The third-order valence-electron chi connectivity index (χ3n) is 3.62. The van der Waals surface area contributed by atoms with Gasteiger partial charge < -0.3 is 0 Å². The van der Waals surface area contributed by atoms with Gasteiger partial charge in [-0.1, -0.05) is 13.3 Å². The average Bonchev–Trinajstić information content (AvgIpc) is 2.83. The van der Waals surface area contributed by atoms with Gasteiger partial charge in [-0.25, -0.2) is 14.6 Å². The maximum absolute atomic E-state index is 11.6. The number of H-pyrrole nitrogens is 1. The van der Waals surface area contributed by atoms with Crippen LogP contribution in [-0.2, 0) is 16.7 Å². The molecule has 3 aromatic rings. The molecular formula is C16H17N3O4. The molecular weight excluding hydrogens is 298 g/mol. The summed E-state index contributed by atoms with van der Waals surface area (Å²) in [5.74, 6) is 0.0117. The highest BCUT2D eigenvalue weighted by atomic mass is 17.2. The third-order valence-corrected chi connectivity index (χ3v) is 3.62. The van der Waals surface area contributed by atoms with E-state index in [0.717, 1.165) is 18.2 Å². The molecule has 0 fully saturated rings. The maximum atomic E-state index is 11.6. The summed E-state index contributed by atoms with van der Waals surface area (Å²) >= 11 is 0. The summed E-state index contributed by atoms with van der Waals surface area (Å²) in [5, 5.41) is 0.786. The van der Waals surface area contributed by atoms with E-state index in [1.807, 2.05) is 13.0 Å². The molecule has 0 atom stereocenters. The van der Waals surface area contributed by atoms with E-state index in [2.05, 4.69) is 9.97 Å². The van der Waals surface area contributed by atoms with Gasteiger partial charge in [0.05, 0.1) is 17.5 Å². The number of aromatic nitrogens is 3. The number of carbonyl (C=O) groups excluding carboxylic acids is 1. The lowest BCUT2D eigenvalue weighted by Crippen LogP contribution is -2.11. The number of hydrogen-bond donors (Lipinski definition) is 1. The highest BCUT2D eigenvalue weighted by Crippen LogP contribution is 2.22. The number of rotatable bonds is 5. The van der Waals surface area contributed by atoms with E-state index in [9.17, 15) is 9.59 Å². The molecule has 0 unspecified atom stereocenters. The topological polar surface area (TPSA) is 86.2 Å². The summed E-state index contributed by atoms with van der Waals surface area (Å²) in [6.07, 6.45) is 2.02. The van der Waals surface area contributed by atoms with Gasteiger partial charge in [0.1, 0.15) is 0 Å². The smallest absolute Gasteiger partial charge is 0.294 e. The monoisotopic (exact) mass is 315 g/mol. The molecule has 1 aromatic carbocycles. The van der Waals surface area contributed by atoms with Crippen LogP contribution in [0.3, 0.4) is 0 Å². The number of aryl methyl sites for hydroxylation is 1. The predicted molar refractivity (Wildman–Crippen MR) is 85.1 cm³/mol. The molecule has 2 heterocycles. The standard InChI is InChI=1S/C16H17N3O4/c1-3-4-5-14(20)23-22-11-6-7-12-10(8-11)9-13-15(17-12)18-16(21)19(13)2/h6-9H,3-5H2,1-2H3,(H,17,18,21). The van der Waals surface area contributed by atoms with Crippen LogP contribution in [0.1, 0.15) is 26.2 Å². The summed E-state index contributed by atoms with van der Waals surface area (Å²) in [6.45, 7) is 2.00. The molecule has 0 saturated heterocycles. The Hall–Kier alpha value is -2.83. The van der Waals surface area contributed by atoms with E-state index >= 15 is 0 Å². The van der Waals surface area contributed by atoms with Crippen molar-refractivity contribution in [2.45, 2.75) is 26.2 Å². The molecule has 0 saturated carbocycles. The van der Waals surface area contributed by atoms with E-state index in [1.165, 1.54) is 4.57 Å². The van der Waals surface area contributed by atoms with Crippen molar-refractivity contribution < 1.29 is 14.6 Å². The van der Waals surface area contributed by atoms with E-state index < -0.39 is 5.97 Å². The SMILES string of the molecule is CCCCC(=O)OOc1ccc2nc3[nH]c(=O)n(C)c3cc2c1. The van der Waals surface area contributed by atoms with Gasteiger partial charge >= 0.3 is 11.7 Å². The van der Waals surface area contributed by atoms with E-state index in [-0.39, 0.29) is 5.69 Å². The predicted octanol–water partition coefficient (Wildman–Crippen LogP) is 2.44. The average molecular weight is 315 g/mol. The number of aromatic amines is 1. The molecule has 0 aliphatic rings. The third kappa shape index (κ3) is 3.03. The fraction of sp³-hybridized carbons (Fsp3) is 0.312. The number of hydrogen-bond acceptors (Lipinski definition) is 5. The zero-order valence-electron chi connectivity index (χ0n) is 13.0. The van der Waals surface area contributed by atoms with Crippen molar-refractivity contribution in [2.75, 3.05) is 0 Å². The lowest BCUT2D eigenvalue weighted by atomic mass is 10.2. The number of unbranched alkanes of at least 4 members (excludes halogenated alkanes) is 1. The first kappa shape index (κ1) is 15.1. The maximum Gasteiger partial charge on any atom is 0.355 e. The molecule has 120 valence electrons. The van der Waals surface area contributed by atoms with Crippen LogP contribution in [0.25, 0.3) is 22.1 Å². The molecule has 0 aliphatic heterocycles. The molecule has 3 rings (SSSR count). The van der Waals surface area contributed by atoms with E-state index in [1.54, 1.807) is 25.2 Å². The van der Waals surface area contributed by atoms with Gasteiger partial charge in [-0.3, -0.25) is 19.3 Å². The first-order chi connectivity index (χ1) is 11.1. The van der Waals surface area contributed by atoms with Crippen LogP contribution < -0.4 is 10.6 Å². The van der Waals surface area contributed by atoms with E-state index in [0.29, 0.717) is 28.9 Å². The van der Waals surface area contributed by atoms with Gasteiger partial charge in [-0.15, -0.1) is 0 Å². The number of fused-ring (bicyclic) bond motifs is 2. The normalized spacial score (nSPS) is 11.0. The second-order valence-corrected chi connectivity index (χ2v) is 5.34. The van der Waals surface area contributed by atoms with Crippen molar-refractivity contribution >= 4 is 28.0 Å². The van der Waals surface area contributed by atoms with Crippen LogP contribution in [-0.4, -0.2) is 20.5 Å². The fourth-order valence-corrected chi connectivity index (χ4v) is 2.29. The Labute approximate surface area is 131 Å². The Kier molecular flexibility index (Phi) is 4.01. The second-order valence-electron chi connectivity index (χ2n) is 5.34. The Bertz CT molecular complexity index is 926. The van der Waals surface area contributed by atoms with Crippen LogP contribution >= 0.6 is 0 Å². The lowest BCUT2D eigenvalue weighted by Gasteiger charge is -2.05. The van der Waals surface area contributed by atoms with Gasteiger partial charge in [0, 0.05) is 12.4 Å². The minimum Gasteiger partial charge on any atom is -0.294 e. The van der Waals surface area contributed by atoms with Gasteiger partial charge in [0.2, 0.25) is 0 Å². The Balaban J connectivity index is 1.86. The number of carbonyl (C=O) groups is 1. The van der Waals surface area contributed by atoms with Gasteiger partial charge in [0.15, 0.2) is 11.4 Å². The van der Waals surface area contributed by atoms with Crippen LogP contribution in [0, 0.1) is 0 Å². The number of nitrogens with zero attached hydrogens (tertiary/aromatic N) is 2. The molecule has 0 aliphatic carbocycles. The zero-order valence-corrected chi connectivity index (χ0v) is 13.0. The molecule has 0 bridgehead atoms. The first-order valence-corrected chi connectivity index (χ1v) is 7.45. The quantitative estimate of drug-likeness (QED) is 0.577. The lowest BCUT2D eigenvalue weighted by molar-refractivity contribution is -0.213. The second kappa shape index (κ2) is 6.12. The van der Waals surface area contributed by atoms with Gasteiger partial charge in [-0.05, 0) is 30.7 Å². The number of benzene rings is 1. The summed E-state index contributed by atoms with van der Waals surface area (Å²) in [6, 6.07) is 6.96. The summed E-state index contributed by atoms with van der Waals surface area (Å²) in [4.78, 5) is 40.0. The van der Waals surface area contributed by atoms with Crippen molar-refractivity contribution in [1.82, 2.24) is 14.5 Å². The summed E-state index contributed by atoms with van der Waals surface area (Å²) in [5.41, 5.74) is 1.72. The number of pyridine rings is 1. The zero-order chi connectivity index (χ0) is 16.4. The Morgan fingerprint density at radius 3 is 2.96 bits per heavy atom. The first-order valence-electron chi connectivity index (χ1n) is 7.45. The van der Waals surface area contributed by atoms with Crippen LogP contribution in [0.2, 0.25) is 0 Å². The van der Waals surface area contributed by atoms with Crippen molar-refractivity contribution in [1.29, 1.82) is 0 Å². The molecule has 23 heavy (non-hydrogen) atoms. The van der Waals surface area contributed by atoms with Crippen LogP contribution in [0.15, 0.2) is 29.1 Å².